The number of carbonyl (C=O) groups excluding carboxylic acids is 1. The first-order chi connectivity index (χ1) is 8.72. The molecule has 5 heteroatoms. The molecule has 1 fully saturated rings. The van der Waals surface area contributed by atoms with Crippen LogP contribution in [-0.4, -0.2) is 33.4 Å². The molecule has 1 aliphatic carbocycles. The van der Waals surface area contributed by atoms with Crippen molar-refractivity contribution in [3.05, 3.63) is 18.0 Å². The van der Waals surface area contributed by atoms with Gasteiger partial charge >= 0.3 is 0 Å². The Morgan fingerprint density at radius 1 is 1.50 bits per heavy atom. The highest BCUT2D eigenvalue weighted by Crippen LogP contribution is 2.23. The molecule has 18 heavy (non-hydrogen) atoms. The summed E-state index contributed by atoms with van der Waals surface area (Å²) in [5.74, 6) is 0.0880. The second-order valence-electron chi connectivity index (χ2n) is 5.00. The highest BCUT2D eigenvalue weighted by molar-refractivity contribution is 5.92. The fourth-order valence-electron chi connectivity index (χ4n) is 2.63. The van der Waals surface area contributed by atoms with Crippen LogP contribution in [0, 0.1) is 5.92 Å². The van der Waals surface area contributed by atoms with Crippen LogP contribution in [-0.2, 0) is 7.05 Å². The van der Waals surface area contributed by atoms with E-state index >= 15 is 0 Å². The number of aryl methyl sites for hydroxylation is 1. The van der Waals surface area contributed by atoms with Gasteiger partial charge in [0.2, 0.25) is 0 Å². The Labute approximate surface area is 107 Å². The van der Waals surface area contributed by atoms with E-state index in [4.69, 9.17) is 0 Å². The van der Waals surface area contributed by atoms with Crippen LogP contribution in [0.15, 0.2) is 12.3 Å². The minimum absolute atomic E-state index is 0.0832. The SMILES string of the molecule is Cn1nccc1C(=O)NC1CCCCCC1CO. The van der Waals surface area contributed by atoms with Gasteiger partial charge in [-0.15, -0.1) is 0 Å². The van der Waals surface area contributed by atoms with Crippen LogP contribution in [0.3, 0.4) is 0 Å². The summed E-state index contributed by atoms with van der Waals surface area (Å²) in [6, 6.07) is 1.79. The molecule has 5 nitrogen and oxygen atoms in total. The van der Waals surface area contributed by atoms with E-state index < -0.39 is 0 Å². The van der Waals surface area contributed by atoms with E-state index in [1.807, 2.05) is 0 Å². The van der Waals surface area contributed by atoms with E-state index in [2.05, 4.69) is 10.4 Å². The standard InChI is InChI=1S/C13H21N3O2/c1-16-12(7-8-14-16)13(18)15-11-6-4-2-3-5-10(11)9-17/h7-8,10-11,17H,2-6,9H2,1H3,(H,15,18). The Bertz CT molecular complexity index is 403. The maximum Gasteiger partial charge on any atom is 0.269 e. The van der Waals surface area contributed by atoms with Crippen molar-refractivity contribution in [3.63, 3.8) is 0 Å². The summed E-state index contributed by atoms with van der Waals surface area (Å²) in [6.07, 6.45) is 7.01. The Kier molecular flexibility index (Phi) is 4.36. The van der Waals surface area contributed by atoms with E-state index in [9.17, 15) is 9.90 Å². The van der Waals surface area contributed by atoms with Crippen molar-refractivity contribution in [1.29, 1.82) is 0 Å². The molecule has 0 spiro atoms. The van der Waals surface area contributed by atoms with Crippen molar-refractivity contribution < 1.29 is 9.90 Å². The third-order valence-corrected chi connectivity index (χ3v) is 3.76. The second-order valence-corrected chi connectivity index (χ2v) is 5.00. The number of nitrogens with zero attached hydrogens (tertiary/aromatic N) is 2. The van der Waals surface area contributed by atoms with Crippen molar-refractivity contribution in [3.8, 4) is 0 Å². The molecule has 1 aliphatic rings. The summed E-state index contributed by atoms with van der Waals surface area (Å²) >= 11 is 0. The maximum absolute atomic E-state index is 12.1. The number of amides is 1. The van der Waals surface area contributed by atoms with E-state index in [-0.39, 0.29) is 24.5 Å². The largest absolute Gasteiger partial charge is 0.396 e. The molecule has 100 valence electrons. The number of aromatic nitrogens is 2. The molecule has 0 radical (unpaired) electrons. The molecular formula is C13H21N3O2. The number of hydrogen-bond acceptors (Lipinski definition) is 3. The van der Waals surface area contributed by atoms with Gasteiger partial charge in [-0.2, -0.15) is 5.10 Å². The minimum atomic E-state index is -0.0969. The first kappa shape index (κ1) is 13.1. The third kappa shape index (κ3) is 2.90. The molecule has 0 saturated heterocycles. The number of hydrogen-bond donors (Lipinski definition) is 2. The van der Waals surface area contributed by atoms with Crippen molar-refractivity contribution in [2.24, 2.45) is 13.0 Å². The van der Waals surface area contributed by atoms with Crippen LogP contribution >= 0.6 is 0 Å². The fraction of sp³-hybridized carbons (Fsp3) is 0.692. The molecule has 0 bridgehead atoms. The molecule has 1 amide bonds. The predicted molar refractivity (Wildman–Crippen MR) is 68.1 cm³/mol. The van der Waals surface area contributed by atoms with Crippen molar-refractivity contribution in [2.45, 2.75) is 38.1 Å². The quantitative estimate of drug-likeness (QED) is 0.790. The molecule has 1 saturated carbocycles. The molecule has 2 rings (SSSR count). The third-order valence-electron chi connectivity index (χ3n) is 3.76. The number of nitrogens with one attached hydrogen (secondary N) is 1. The topological polar surface area (TPSA) is 67.2 Å². The zero-order chi connectivity index (χ0) is 13.0. The highest BCUT2D eigenvalue weighted by atomic mass is 16.3. The number of aliphatic hydroxyl groups is 1. The first-order valence-electron chi connectivity index (χ1n) is 6.62. The van der Waals surface area contributed by atoms with Gasteiger partial charge in [-0.1, -0.05) is 19.3 Å². The average molecular weight is 251 g/mol. The molecule has 0 aliphatic heterocycles. The van der Waals surface area contributed by atoms with Crippen molar-refractivity contribution in [1.82, 2.24) is 15.1 Å². The van der Waals surface area contributed by atoms with Gasteiger partial charge in [-0.3, -0.25) is 9.48 Å². The van der Waals surface area contributed by atoms with Crippen LogP contribution in [0.4, 0.5) is 0 Å². The number of carbonyl (C=O) groups is 1. The molecule has 2 N–H and O–H groups in total. The van der Waals surface area contributed by atoms with Gasteiger partial charge < -0.3 is 10.4 Å². The van der Waals surface area contributed by atoms with E-state index in [0.29, 0.717) is 5.69 Å². The summed E-state index contributed by atoms with van der Waals surface area (Å²) in [7, 11) is 1.76. The van der Waals surface area contributed by atoms with E-state index in [0.717, 1.165) is 25.7 Å². The van der Waals surface area contributed by atoms with Gasteiger partial charge in [-0.25, -0.2) is 0 Å². The number of aliphatic hydroxyl groups excluding tert-OH is 1. The lowest BCUT2D eigenvalue weighted by Gasteiger charge is -2.24. The average Bonchev–Trinajstić information content (AvgIpc) is 2.66. The Morgan fingerprint density at radius 3 is 2.94 bits per heavy atom. The van der Waals surface area contributed by atoms with Gasteiger partial charge in [0.15, 0.2) is 0 Å². The van der Waals surface area contributed by atoms with Gasteiger partial charge in [-0.05, 0) is 18.9 Å². The summed E-state index contributed by atoms with van der Waals surface area (Å²) in [4.78, 5) is 12.1. The molecule has 1 heterocycles. The lowest BCUT2D eigenvalue weighted by atomic mass is 9.95. The molecule has 2 unspecified atom stereocenters. The summed E-state index contributed by atoms with van der Waals surface area (Å²) in [5.41, 5.74) is 0.566. The zero-order valence-corrected chi connectivity index (χ0v) is 10.8. The lowest BCUT2D eigenvalue weighted by molar-refractivity contribution is 0.0890. The normalized spacial score (nSPS) is 24.6. The van der Waals surface area contributed by atoms with Crippen LogP contribution in [0.2, 0.25) is 0 Å². The number of rotatable bonds is 3. The highest BCUT2D eigenvalue weighted by Gasteiger charge is 2.25. The van der Waals surface area contributed by atoms with Gasteiger partial charge in [0.05, 0.1) is 0 Å². The molecule has 1 aromatic rings. The van der Waals surface area contributed by atoms with E-state index in [1.54, 1.807) is 24.0 Å². The fourth-order valence-corrected chi connectivity index (χ4v) is 2.63. The van der Waals surface area contributed by atoms with Crippen LogP contribution in [0.25, 0.3) is 0 Å². The molecular weight excluding hydrogens is 230 g/mol. The van der Waals surface area contributed by atoms with Crippen LogP contribution in [0.1, 0.15) is 42.6 Å². The molecule has 0 aromatic carbocycles. The molecule has 2 atom stereocenters. The van der Waals surface area contributed by atoms with Gasteiger partial charge in [0.1, 0.15) is 5.69 Å². The van der Waals surface area contributed by atoms with Gasteiger partial charge in [0, 0.05) is 31.8 Å². The van der Waals surface area contributed by atoms with Crippen LogP contribution in [0.5, 0.6) is 0 Å². The predicted octanol–water partition coefficient (Wildman–Crippen LogP) is 1.09. The zero-order valence-electron chi connectivity index (χ0n) is 10.8. The Morgan fingerprint density at radius 2 is 2.28 bits per heavy atom. The molecule has 1 aromatic heterocycles. The van der Waals surface area contributed by atoms with Crippen LogP contribution < -0.4 is 5.32 Å². The maximum atomic E-state index is 12.1. The van der Waals surface area contributed by atoms with Crippen molar-refractivity contribution >= 4 is 5.91 Å². The summed E-state index contributed by atoms with van der Waals surface area (Å²) in [5, 5.41) is 16.5. The first-order valence-corrected chi connectivity index (χ1v) is 6.62. The van der Waals surface area contributed by atoms with Gasteiger partial charge in [0.25, 0.3) is 5.91 Å². The summed E-state index contributed by atoms with van der Waals surface area (Å²) in [6.45, 7) is 0.149. The Balaban J connectivity index is 2.02. The van der Waals surface area contributed by atoms with Crippen molar-refractivity contribution in [2.75, 3.05) is 6.61 Å². The van der Waals surface area contributed by atoms with E-state index in [1.165, 1.54) is 6.42 Å². The summed E-state index contributed by atoms with van der Waals surface area (Å²) < 4.78 is 1.57. The Hall–Kier alpha value is -1.36. The monoisotopic (exact) mass is 251 g/mol. The lowest BCUT2D eigenvalue weighted by Crippen LogP contribution is -2.41. The second kappa shape index (κ2) is 6.00. The smallest absolute Gasteiger partial charge is 0.269 e. The minimum Gasteiger partial charge on any atom is -0.396 e.